The number of carbonyl (C=O) groups is 1. The van der Waals surface area contributed by atoms with Crippen LogP contribution in [0.25, 0.3) is 0 Å². The molecule has 0 bridgehead atoms. The first-order valence-electron chi connectivity index (χ1n) is 11.0. The van der Waals surface area contributed by atoms with Gasteiger partial charge in [0.05, 0.1) is 30.8 Å². The Morgan fingerprint density at radius 2 is 1.91 bits per heavy atom. The Morgan fingerprint density at radius 1 is 1.25 bits per heavy atom. The first-order valence-corrected chi connectivity index (χ1v) is 12.7. The molecule has 1 saturated carbocycles. The molecule has 0 atom stereocenters. The monoisotopic (exact) mass is 465 g/mol. The van der Waals surface area contributed by atoms with E-state index in [0.717, 1.165) is 25.7 Å². The van der Waals surface area contributed by atoms with Crippen molar-refractivity contribution in [1.82, 2.24) is 14.5 Å². The summed E-state index contributed by atoms with van der Waals surface area (Å²) in [5, 5.41) is -0.0353. The number of rotatable bonds is 10. The summed E-state index contributed by atoms with van der Waals surface area (Å²) < 4.78 is 46.4. The average molecular weight is 466 g/mol. The van der Waals surface area contributed by atoms with E-state index in [9.17, 15) is 17.6 Å². The van der Waals surface area contributed by atoms with Crippen molar-refractivity contribution in [3.05, 3.63) is 47.5 Å². The van der Waals surface area contributed by atoms with Crippen LogP contribution >= 0.6 is 0 Å². The first kappa shape index (κ1) is 24.4. The lowest BCUT2D eigenvalue weighted by Gasteiger charge is -2.26. The second-order valence-corrected chi connectivity index (χ2v) is 10.5. The summed E-state index contributed by atoms with van der Waals surface area (Å²) in [5.74, 6) is -0.582. The van der Waals surface area contributed by atoms with Crippen molar-refractivity contribution >= 4 is 15.7 Å². The summed E-state index contributed by atoms with van der Waals surface area (Å²) in [6.07, 6.45) is 5.44. The van der Waals surface area contributed by atoms with Crippen LogP contribution in [0.15, 0.2) is 35.6 Å². The van der Waals surface area contributed by atoms with E-state index in [4.69, 9.17) is 4.74 Å². The Bertz CT molecular complexity index is 1010. The average Bonchev–Trinajstić information content (AvgIpc) is 3.42. The van der Waals surface area contributed by atoms with Gasteiger partial charge in [0.15, 0.2) is 0 Å². The summed E-state index contributed by atoms with van der Waals surface area (Å²) in [7, 11) is -2.17. The smallest absolute Gasteiger partial charge is 0.228 e. The van der Waals surface area contributed by atoms with E-state index in [1.54, 1.807) is 22.8 Å². The molecule has 0 unspecified atom stereocenters. The molecule has 1 aromatic heterocycles. The van der Waals surface area contributed by atoms with E-state index in [2.05, 4.69) is 4.98 Å². The number of benzene rings is 1. The van der Waals surface area contributed by atoms with E-state index in [0.29, 0.717) is 24.4 Å². The molecule has 0 saturated heterocycles. The van der Waals surface area contributed by atoms with Crippen LogP contribution in [-0.4, -0.2) is 49.0 Å². The number of sulfone groups is 1. The van der Waals surface area contributed by atoms with E-state index in [1.165, 1.54) is 24.3 Å². The van der Waals surface area contributed by atoms with Crippen molar-refractivity contribution in [3.63, 3.8) is 0 Å². The van der Waals surface area contributed by atoms with Crippen molar-refractivity contribution in [3.8, 4) is 0 Å². The lowest BCUT2D eigenvalue weighted by molar-refractivity contribution is -0.136. The van der Waals surface area contributed by atoms with E-state index < -0.39 is 15.7 Å². The molecule has 1 fully saturated rings. The molecule has 176 valence electrons. The molecule has 1 aromatic carbocycles. The quantitative estimate of drug-likeness (QED) is 0.534. The van der Waals surface area contributed by atoms with Gasteiger partial charge >= 0.3 is 0 Å². The fourth-order valence-electron chi connectivity index (χ4n) is 4.24. The molecule has 0 radical (unpaired) electrons. The molecular formula is C23H32FN3O4S. The van der Waals surface area contributed by atoms with E-state index >= 15 is 0 Å². The number of imidazole rings is 1. The van der Waals surface area contributed by atoms with Crippen molar-refractivity contribution in [2.75, 3.05) is 20.3 Å². The van der Waals surface area contributed by atoms with Gasteiger partial charge in [-0.1, -0.05) is 25.0 Å². The van der Waals surface area contributed by atoms with E-state index in [-0.39, 0.29) is 35.3 Å². The number of hydrogen-bond donors (Lipinski definition) is 0. The molecule has 7 nitrogen and oxygen atoms in total. The van der Waals surface area contributed by atoms with Crippen LogP contribution in [0, 0.1) is 11.7 Å². The summed E-state index contributed by atoms with van der Waals surface area (Å²) >= 11 is 0. The summed E-state index contributed by atoms with van der Waals surface area (Å²) in [5.41, 5.74) is 1.16. The summed E-state index contributed by atoms with van der Waals surface area (Å²) in [4.78, 5) is 19.1. The number of hydrogen-bond acceptors (Lipinski definition) is 5. The Morgan fingerprint density at radius 3 is 2.50 bits per heavy atom. The summed E-state index contributed by atoms with van der Waals surface area (Å²) in [6, 6.07) is 5.24. The predicted molar refractivity (Wildman–Crippen MR) is 119 cm³/mol. The van der Waals surface area contributed by atoms with Crippen LogP contribution in [0.1, 0.15) is 56.8 Å². The van der Waals surface area contributed by atoms with Crippen LogP contribution in [0.3, 0.4) is 0 Å². The first-order chi connectivity index (χ1) is 15.2. The number of methoxy groups -OCH3 is 1. The lowest BCUT2D eigenvalue weighted by Crippen LogP contribution is -2.38. The van der Waals surface area contributed by atoms with Crippen LogP contribution in [0.5, 0.6) is 0 Å². The van der Waals surface area contributed by atoms with Crippen LogP contribution in [-0.2, 0) is 31.7 Å². The normalized spacial score (nSPS) is 14.9. The Labute approximate surface area is 189 Å². The Balaban J connectivity index is 1.88. The largest absolute Gasteiger partial charge is 0.383 e. The molecule has 9 heteroatoms. The number of nitrogens with zero attached hydrogens (tertiary/aromatic N) is 3. The second kappa shape index (κ2) is 10.6. The SMILES string of the molecule is COCCN(Cc1cnc(S(=O)(=O)Cc2ccc(F)cc2)n1C(C)C)C(=O)C1CCCC1. The van der Waals surface area contributed by atoms with Gasteiger partial charge in [-0.3, -0.25) is 4.79 Å². The molecule has 0 spiro atoms. The molecule has 1 amide bonds. The highest BCUT2D eigenvalue weighted by Crippen LogP contribution is 2.28. The zero-order chi connectivity index (χ0) is 23.3. The molecule has 2 aromatic rings. The minimum Gasteiger partial charge on any atom is -0.383 e. The van der Waals surface area contributed by atoms with Crippen LogP contribution < -0.4 is 0 Å². The maximum Gasteiger partial charge on any atom is 0.228 e. The van der Waals surface area contributed by atoms with Crippen molar-refractivity contribution in [2.45, 2.75) is 63.0 Å². The van der Waals surface area contributed by atoms with Gasteiger partial charge < -0.3 is 14.2 Å². The maximum atomic E-state index is 13.2. The summed E-state index contributed by atoms with van der Waals surface area (Å²) in [6.45, 7) is 4.90. The molecule has 32 heavy (non-hydrogen) atoms. The number of ether oxygens (including phenoxy) is 1. The predicted octanol–water partition coefficient (Wildman–Crippen LogP) is 3.74. The van der Waals surface area contributed by atoms with Crippen molar-refractivity contribution in [2.24, 2.45) is 5.92 Å². The maximum absolute atomic E-state index is 13.2. The van der Waals surface area contributed by atoms with Gasteiger partial charge in [0.1, 0.15) is 5.82 Å². The third kappa shape index (κ3) is 5.75. The fourth-order valence-corrected chi connectivity index (χ4v) is 5.84. The minimum absolute atomic E-state index is 0.0176. The lowest BCUT2D eigenvalue weighted by atomic mass is 10.1. The van der Waals surface area contributed by atoms with Gasteiger partial charge in [-0.25, -0.2) is 17.8 Å². The van der Waals surface area contributed by atoms with Gasteiger partial charge in [0, 0.05) is 25.6 Å². The topological polar surface area (TPSA) is 81.5 Å². The van der Waals surface area contributed by atoms with Crippen LogP contribution in [0.2, 0.25) is 0 Å². The Kier molecular flexibility index (Phi) is 8.05. The zero-order valence-electron chi connectivity index (χ0n) is 19.0. The minimum atomic E-state index is -3.77. The zero-order valence-corrected chi connectivity index (χ0v) is 19.8. The van der Waals surface area contributed by atoms with Gasteiger partial charge in [-0.05, 0) is 44.4 Å². The third-order valence-corrected chi connectivity index (χ3v) is 7.41. The molecular weight excluding hydrogens is 433 g/mol. The van der Waals surface area contributed by atoms with Crippen LogP contribution in [0.4, 0.5) is 4.39 Å². The number of amides is 1. The molecule has 1 aliphatic carbocycles. The van der Waals surface area contributed by atoms with Gasteiger partial charge in [0.2, 0.25) is 20.9 Å². The van der Waals surface area contributed by atoms with Gasteiger partial charge in [0.25, 0.3) is 0 Å². The Hall–Kier alpha value is -2.26. The van der Waals surface area contributed by atoms with Gasteiger partial charge in [-0.2, -0.15) is 0 Å². The molecule has 1 heterocycles. The second-order valence-electron chi connectivity index (χ2n) is 8.62. The van der Waals surface area contributed by atoms with Crippen molar-refractivity contribution in [1.29, 1.82) is 0 Å². The number of aromatic nitrogens is 2. The molecule has 0 aliphatic heterocycles. The number of carbonyl (C=O) groups excluding carboxylic acids is 1. The van der Waals surface area contributed by atoms with E-state index in [1.807, 2.05) is 13.8 Å². The number of halogens is 1. The highest BCUT2D eigenvalue weighted by atomic mass is 32.2. The van der Waals surface area contributed by atoms with Crippen molar-refractivity contribution < 1.29 is 22.3 Å². The molecule has 1 aliphatic rings. The fraction of sp³-hybridized carbons (Fsp3) is 0.565. The molecule has 3 rings (SSSR count). The highest BCUT2D eigenvalue weighted by molar-refractivity contribution is 7.90. The molecule has 0 N–H and O–H groups in total. The third-order valence-electron chi connectivity index (χ3n) is 5.84. The highest BCUT2D eigenvalue weighted by Gasteiger charge is 2.30. The van der Waals surface area contributed by atoms with Gasteiger partial charge in [-0.15, -0.1) is 0 Å². The standard InChI is InChI=1S/C23H32FN3O4S/c1-17(2)27-21(15-26(12-13-31-3)22(28)19-6-4-5-7-19)14-25-23(27)32(29,30)16-18-8-10-20(24)11-9-18/h8-11,14,17,19H,4-7,12-13,15-16H2,1-3H3.